The number of amides is 2. The summed E-state index contributed by atoms with van der Waals surface area (Å²) in [6.45, 7) is 3.58. The molecule has 1 unspecified atom stereocenters. The number of para-hydroxylation sites is 1. The molecule has 136 valence electrons. The van der Waals surface area contributed by atoms with Crippen molar-refractivity contribution < 1.29 is 13.9 Å². The molecule has 1 aromatic carbocycles. The summed E-state index contributed by atoms with van der Waals surface area (Å²) >= 11 is 0. The Bertz CT molecular complexity index is 790. The summed E-state index contributed by atoms with van der Waals surface area (Å²) in [7, 11) is 0. The highest BCUT2D eigenvalue weighted by atomic mass is 19.1. The zero-order valence-electron chi connectivity index (χ0n) is 14.4. The minimum Gasteiger partial charge on any atom is -0.436 e. The number of ether oxygens (including phenoxy) is 1. The van der Waals surface area contributed by atoms with E-state index < -0.39 is 5.82 Å². The van der Waals surface area contributed by atoms with E-state index in [1.54, 1.807) is 24.3 Å². The second-order valence-corrected chi connectivity index (χ2v) is 6.95. The van der Waals surface area contributed by atoms with Crippen molar-refractivity contribution in [2.45, 2.75) is 12.8 Å². The summed E-state index contributed by atoms with van der Waals surface area (Å²) in [5.74, 6) is -0.0642. The molecule has 1 aromatic heterocycles. The Labute approximate surface area is 151 Å². The van der Waals surface area contributed by atoms with Gasteiger partial charge in [0.05, 0.1) is 11.9 Å². The third-order valence-corrected chi connectivity index (χ3v) is 5.10. The molecule has 2 aliphatic heterocycles. The lowest BCUT2D eigenvalue weighted by atomic mass is 9.87. The van der Waals surface area contributed by atoms with E-state index in [2.05, 4.69) is 15.6 Å². The van der Waals surface area contributed by atoms with Crippen molar-refractivity contribution in [3.63, 3.8) is 0 Å². The molecule has 2 aromatic rings. The first-order chi connectivity index (χ1) is 12.6. The molecule has 3 heterocycles. The Balaban J connectivity index is 1.35. The summed E-state index contributed by atoms with van der Waals surface area (Å²) in [5.41, 5.74) is 0.828. The highest BCUT2D eigenvalue weighted by molar-refractivity contribution is 5.89. The average molecular weight is 356 g/mol. The summed E-state index contributed by atoms with van der Waals surface area (Å²) in [6.07, 6.45) is 3.68. The Hall–Kier alpha value is -2.67. The van der Waals surface area contributed by atoms with Crippen molar-refractivity contribution in [2.24, 2.45) is 5.41 Å². The highest BCUT2D eigenvalue weighted by Gasteiger charge is 2.41. The van der Waals surface area contributed by atoms with Crippen LogP contribution in [0.1, 0.15) is 12.8 Å². The highest BCUT2D eigenvalue weighted by Crippen LogP contribution is 2.36. The van der Waals surface area contributed by atoms with E-state index in [1.807, 2.05) is 4.90 Å². The molecule has 4 rings (SSSR count). The monoisotopic (exact) mass is 356 g/mol. The molecule has 0 radical (unpaired) electrons. The van der Waals surface area contributed by atoms with Gasteiger partial charge in [0.25, 0.3) is 0 Å². The molecule has 2 fully saturated rings. The second kappa shape index (κ2) is 6.92. The number of carbonyl (C=O) groups excluding carboxylic acids is 1. The lowest BCUT2D eigenvalue weighted by Crippen LogP contribution is -2.36. The van der Waals surface area contributed by atoms with Crippen LogP contribution in [0.2, 0.25) is 0 Å². The zero-order valence-corrected chi connectivity index (χ0v) is 14.4. The molecule has 2 amide bonds. The Kier molecular flexibility index (Phi) is 4.46. The lowest BCUT2D eigenvalue weighted by Gasteiger charge is -2.23. The molecule has 0 bridgehead atoms. The Morgan fingerprint density at radius 3 is 2.88 bits per heavy atom. The number of pyridine rings is 1. The third-order valence-electron chi connectivity index (χ3n) is 5.10. The molecule has 2 N–H and O–H groups in total. The van der Waals surface area contributed by atoms with Gasteiger partial charge in [-0.25, -0.2) is 14.2 Å². The van der Waals surface area contributed by atoms with Crippen LogP contribution < -0.4 is 15.4 Å². The van der Waals surface area contributed by atoms with Crippen LogP contribution in [-0.2, 0) is 0 Å². The number of nitrogens with one attached hydrogen (secondary N) is 2. The van der Waals surface area contributed by atoms with Gasteiger partial charge in [-0.05, 0) is 37.6 Å². The van der Waals surface area contributed by atoms with Gasteiger partial charge in [-0.3, -0.25) is 0 Å². The number of rotatable bonds is 3. The Morgan fingerprint density at radius 2 is 2.15 bits per heavy atom. The number of anilines is 1. The number of nitrogens with zero attached hydrogens (tertiary/aromatic N) is 2. The molecule has 0 saturated carbocycles. The fourth-order valence-corrected chi connectivity index (χ4v) is 3.61. The van der Waals surface area contributed by atoms with Crippen molar-refractivity contribution in [1.29, 1.82) is 0 Å². The van der Waals surface area contributed by atoms with Gasteiger partial charge < -0.3 is 20.3 Å². The maximum Gasteiger partial charge on any atom is 0.321 e. The minimum absolute atomic E-state index is 0.113. The number of hydrogen-bond acceptors (Lipinski definition) is 4. The van der Waals surface area contributed by atoms with E-state index >= 15 is 0 Å². The molecule has 1 spiro atoms. The van der Waals surface area contributed by atoms with Crippen LogP contribution in [0.15, 0.2) is 42.6 Å². The fraction of sp³-hybridized carbons (Fsp3) is 0.368. The topological polar surface area (TPSA) is 66.5 Å². The molecular weight excluding hydrogens is 335 g/mol. The van der Waals surface area contributed by atoms with Crippen LogP contribution in [-0.4, -0.2) is 42.1 Å². The van der Waals surface area contributed by atoms with E-state index in [1.165, 1.54) is 18.3 Å². The number of halogens is 1. The first kappa shape index (κ1) is 16.8. The van der Waals surface area contributed by atoms with Gasteiger partial charge in [0.15, 0.2) is 11.6 Å². The summed E-state index contributed by atoms with van der Waals surface area (Å²) < 4.78 is 19.0. The number of hydrogen-bond donors (Lipinski definition) is 2. The number of carbonyl (C=O) groups is 1. The van der Waals surface area contributed by atoms with Crippen LogP contribution in [0.3, 0.4) is 0 Å². The molecule has 6 nitrogen and oxygen atoms in total. The second-order valence-electron chi connectivity index (χ2n) is 6.95. The van der Waals surface area contributed by atoms with Crippen LogP contribution in [0.5, 0.6) is 11.6 Å². The molecule has 1 atom stereocenters. The third kappa shape index (κ3) is 3.48. The first-order valence-electron chi connectivity index (χ1n) is 8.79. The average Bonchev–Trinajstić information content (AvgIpc) is 3.29. The fourth-order valence-electron chi connectivity index (χ4n) is 3.61. The normalized spacial score (nSPS) is 22.0. The SMILES string of the molecule is O=C(Nc1ccc(Oc2ccccc2F)nc1)N1CCC2(CCNC2)C1. The van der Waals surface area contributed by atoms with Gasteiger partial charge in [-0.2, -0.15) is 0 Å². The smallest absolute Gasteiger partial charge is 0.321 e. The number of aromatic nitrogens is 1. The van der Waals surface area contributed by atoms with E-state index in [0.29, 0.717) is 5.69 Å². The summed E-state index contributed by atoms with van der Waals surface area (Å²) in [6, 6.07) is 9.34. The quantitative estimate of drug-likeness (QED) is 0.886. The summed E-state index contributed by atoms with van der Waals surface area (Å²) in [4.78, 5) is 18.5. The van der Waals surface area contributed by atoms with E-state index in [0.717, 1.165) is 39.0 Å². The van der Waals surface area contributed by atoms with Crippen molar-refractivity contribution in [3.05, 3.63) is 48.4 Å². The van der Waals surface area contributed by atoms with Gasteiger partial charge in [0, 0.05) is 31.1 Å². The van der Waals surface area contributed by atoms with E-state index in [9.17, 15) is 9.18 Å². The standard InChI is InChI=1S/C19H21FN4O2/c20-15-3-1-2-4-16(15)26-17-6-5-14(11-22-17)23-18(25)24-10-8-19(13-24)7-9-21-12-19/h1-6,11,21H,7-10,12-13H2,(H,23,25). The van der Waals surface area contributed by atoms with Gasteiger partial charge in [-0.15, -0.1) is 0 Å². The van der Waals surface area contributed by atoms with Crippen molar-refractivity contribution >= 4 is 11.7 Å². The number of urea groups is 1. The van der Waals surface area contributed by atoms with Crippen LogP contribution in [0.25, 0.3) is 0 Å². The van der Waals surface area contributed by atoms with Crippen molar-refractivity contribution in [2.75, 3.05) is 31.5 Å². The predicted molar refractivity (Wildman–Crippen MR) is 95.8 cm³/mol. The Morgan fingerprint density at radius 1 is 1.27 bits per heavy atom. The largest absolute Gasteiger partial charge is 0.436 e. The van der Waals surface area contributed by atoms with E-state index in [4.69, 9.17) is 4.74 Å². The maximum absolute atomic E-state index is 13.6. The number of benzene rings is 1. The number of likely N-dealkylation sites (tertiary alicyclic amines) is 1. The lowest BCUT2D eigenvalue weighted by molar-refractivity contribution is 0.215. The zero-order chi connectivity index (χ0) is 18.0. The molecule has 2 aliphatic rings. The minimum atomic E-state index is -0.448. The van der Waals surface area contributed by atoms with Gasteiger partial charge in [0.1, 0.15) is 0 Å². The molecule has 0 aliphatic carbocycles. The van der Waals surface area contributed by atoms with Gasteiger partial charge in [-0.1, -0.05) is 12.1 Å². The molecule has 2 saturated heterocycles. The maximum atomic E-state index is 13.6. The van der Waals surface area contributed by atoms with E-state index in [-0.39, 0.29) is 23.1 Å². The molecule has 7 heteroatoms. The summed E-state index contributed by atoms with van der Waals surface area (Å²) in [5, 5.41) is 6.25. The van der Waals surface area contributed by atoms with Crippen LogP contribution >= 0.6 is 0 Å². The van der Waals surface area contributed by atoms with Crippen molar-refractivity contribution in [1.82, 2.24) is 15.2 Å². The molecule has 26 heavy (non-hydrogen) atoms. The predicted octanol–water partition coefficient (Wildman–Crippen LogP) is 3.23. The van der Waals surface area contributed by atoms with Crippen LogP contribution in [0.4, 0.5) is 14.9 Å². The van der Waals surface area contributed by atoms with Gasteiger partial charge in [0.2, 0.25) is 5.88 Å². The molecular formula is C19H21FN4O2. The first-order valence-corrected chi connectivity index (χ1v) is 8.79. The van der Waals surface area contributed by atoms with Crippen molar-refractivity contribution in [3.8, 4) is 11.6 Å². The van der Waals surface area contributed by atoms with Gasteiger partial charge >= 0.3 is 6.03 Å². The van der Waals surface area contributed by atoms with Crippen LogP contribution in [0, 0.1) is 11.2 Å².